The van der Waals surface area contributed by atoms with Crippen molar-refractivity contribution in [2.75, 3.05) is 0 Å². The fourth-order valence-electron chi connectivity index (χ4n) is 3.03. The minimum Gasteiger partial charge on any atom is -0.486 e. The molecule has 1 aliphatic heterocycles. The van der Waals surface area contributed by atoms with Gasteiger partial charge in [0.1, 0.15) is 11.4 Å². The van der Waals surface area contributed by atoms with E-state index in [1.54, 1.807) is 0 Å². The number of ether oxygens (including phenoxy) is 1. The van der Waals surface area contributed by atoms with Crippen LogP contribution in [0.25, 0.3) is 0 Å². The van der Waals surface area contributed by atoms with Crippen LogP contribution in [0.5, 0.6) is 5.75 Å². The summed E-state index contributed by atoms with van der Waals surface area (Å²) in [6.45, 7) is 2.12. The van der Waals surface area contributed by atoms with Crippen molar-refractivity contribution < 1.29 is 9.84 Å². The quantitative estimate of drug-likeness (QED) is 0.875. The first-order valence-corrected chi connectivity index (χ1v) is 8.12. The second kappa shape index (κ2) is 5.82. The zero-order chi connectivity index (χ0) is 14.9. The van der Waals surface area contributed by atoms with Gasteiger partial charge in [0.05, 0.1) is 6.10 Å². The summed E-state index contributed by atoms with van der Waals surface area (Å²) in [7, 11) is 0. The van der Waals surface area contributed by atoms with E-state index in [4.69, 9.17) is 4.74 Å². The average molecular weight is 347 g/mol. The first-order valence-electron chi connectivity index (χ1n) is 7.32. The SMILES string of the molecule is CCC1(Cc2ccccc2)CC(O)c2cc(Br)ccc2O1. The van der Waals surface area contributed by atoms with Gasteiger partial charge in [-0.2, -0.15) is 0 Å². The molecule has 3 heteroatoms. The van der Waals surface area contributed by atoms with Crippen molar-refractivity contribution in [2.45, 2.75) is 37.9 Å². The number of aliphatic hydroxyl groups excluding tert-OH is 1. The molecule has 0 radical (unpaired) electrons. The van der Waals surface area contributed by atoms with E-state index >= 15 is 0 Å². The number of hydrogen-bond acceptors (Lipinski definition) is 2. The lowest BCUT2D eigenvalue weighted by molar-refractivity contribution is -0.0168. The third-order valence-electron chi connectivity index (χ3n) is 4.24. The molecule has 0 fully saturated rings. The summed E-state index contributed by atoms with van der Waals surface area (Å²) in [6.07, 6.45) is 1.84. The van der Waals surface area contributed by atoms with Crippen molar-refractivity contribution in [3.05, 3.63) is 64.1 Å². The van der Waals surface area contributed by atoms with Crippen LogP contribution in [0, 0.1) is 0 Å². The highest BCUT2D eigenvalue weighted by atomic mass is 79.9. The molecular formula is C18H19BrO2. The summed E-state index contributed by atoms with van der Waals surface area (Å²) in [5.74, 6) is 0.801. The Morgan fingerprint density at radius 3 is 2.71 bits per heavy atom. The summed E-state index contributed by atoms with van der Waals surface area (Å²) >= 11 is 3.45. The van der Waals surface area contributed by atoms with E-state index in [0.29, 0.717) is 6.42 Å². The van der Waals surface area contributed by atoms with Gasteiger partial charge in [0.25, 0.3) is 0 Å². The van der Waals surface area contributed by atoms with Gasteiger partial charge in [0.2, 0.25) is 0 Å². The lowest BCUT2D eigenvalue weighted by atomic mass is 9.82. The summed E-state index contributed by atoms with van der Waals surface area (Å²) in [4.78, 5) is 0. The van der Waals surface area contributed by atoms with Gasteiger partial charge < -0.3 is 9.84 Å². The smallest absolute Gasteiger partial charge is 0.126 e. The maximum atomic E-state index is 10.5. The zero-order valence-corrected chi connectivity index (χ0v) is 13.6. The number of rotatable bonds is 3. The number of halogens is 1. The van der Waals surface area contributed by atoms with Crippen molar-refractivity contribution in [1.29, 1.82) is 0 Å². The Balaban J connectivity index is 1.92. The number of benzene rings is 2. The molecule has 0 saturated heterocycles. The summed E-state index contributed by atoms with van der Waals surface area (Å²) in [6, 6.07) is 16.2. The van der Waals surface area contributed by atoms with Gasteiger partial charge in [0.15, 0.2) is 0 Å². The van der Waals surface area contributed by atoms with Crippen LogP contribution in [-0.2, 0) is 6.42 Å². The Kier molecular flexibility index (Phi) is 4.05. The molecule has 21 heavy (non-hydrogen) atoms. The second-order valence-corrected chi connectivity index (χ2v) is 6.62. The Labute approximate surface area is 133 Å². The molecule has 1 N–H and O–H groups in total. The molecule has 1 heterocycles. The van der Waals surface area contributed by atoms with Gasteiger partial charge >= 0.3 is 0 Å². The standard InChI is InChI=1S/C18H19BrO2/c1-2-18(11-13-6-4-3-5-7-13)12-16(20)15-10-14(19)8-9-17(15)21-18/h3-10,16,20H,2,11-12H2,1H3. The highest BCUT2D eigenvalue weighted by molar-refractivity contribution is 9.10. The van der Waals surface area contributed by atoms with E-state index in [1.807, 2.05) is 36.4 Å². The van der Waals surface area contributed by atoms with Crippen LogP contribution in [0.2, 0.25) is 0 Å². The fourth-order valence-corrected chi connectivity index (χ4v) is 3.41. The third kappa shape index (κ3) is 2.99. The van der Waals surface area contributed by atoms with E-state index < -0.39 is 6.10 Å². The molecule has 0 amide bonds. The Morgan fingerprint density at radius 1 is 1.24 bits per heavy atom. The van der Waals surface area contributed by atoms with Crippen molar-refractivity contribution in [2.24, 2.45) is 0 Å². The lowest BCUT2D eigenvalue weighted by Gasteiger charge is -2.40. The predicted molar refractivity (Wildman–Crippen MR) is 87.5 cm³/mol. The van der Waals surface area contributed by atoms with Crippen molar-refractivity contribution in [3.63, 3.8) is 0 Å². The van der Waals surface area contributed by atoms with Crippen molar-refractivity contribution >= 4 is 15.9 Å². The molecular weight excluding hydrogens is 328 g/mol. The summed E-state index contributed by atoms with van der Waals surface area (Å²) in [5.41, 5.74) is 1.79. The van der Waals surface area contributed by atoms with Gasteiger partial charge in [-0.1, -0.05) is 53.2 Å². The van der Waals surface area contributed by atoms with Crippen LogP contribution >= 0.6 is 15.9 Å². The molecule has 110 valence electrons. The molecule has 2 aromatic rings. The van der Waals surface area contributed by atoms with E-state index in [-0.39, 0.29) is 5.60 Å². The number of hydrogen-bond donors (Lipinski definition) is 1. The van der Waals surface area contributed by atoms with E-state index in [0.717, 1.165) is 28.6 Å². The first-order chi connectivity index (χ1) is 10.1. The molecule has 2 aromatic carbocycles. The number of fused-ring (bicyclic) bond motifs is 1. The molecule has 0 spiro atoms. The number of aliphatic hydroxyl groups is 1. The van der Waals surface area contributed by atoms with Crippen LogP contribution in [-0.4, -0.2) is 10.7 Å². The average Bonchev–Trinajstić information content (AvgIpc) is 2.49. The maximum Gasteiger partial charge on any atom is 0.126 e. The molecule has 1 aliphatic rings. The molecule has 2 unspecified atom stereocenters. The van der Waals surface area contributed by atoms with Gasteiger partial charge in [-0.15, -0.1) is 0 Å². The fraction of sp³-hybridized carbons (Fsp3) is 0.333. The third-order valence-corrected chi connectivity index (χ3v) is 4.73. The van der Waals surface area contributed by atoms with Crippen LogP contribution < -0.4 is 4.74 Å². The van der Waals surface area contributed by atoms with Gasteiger partial charge in [-0.25, -0.2) is 0 Å². The molecule has 2 atom stereocenters. The molecule has 0 saturated carbocycles. The van der Waals surface area contributed by atoms with Crippen LogP contribution in [0.3, 0.4) is 0 Å². The molecule has 0 aromatic heterocycles. The molecule has 0 aliphatic carbocycles. The largest absolute Gasteiger partial charge is 0.486 e. The van der Waals surface area contributed by atoms with Crippen LogP contribution in [0.1, 0.15) is 37.0 Å². The topological polar surface area (TPSA) is 29.5 Å². The minimum absolute atomic E-state index is 0.332. The second-order valence-electron chi connectivity index (χ2n) is 5.70. The van der Waals surface area contributed by atoms with E-state index in [1.165, 1.54) is 5.56 Å². The predicted octanol–water partition coefficient (Wildman–Crippen LogP) is 4.66. The highest BCUT2D eigenvalue weighted by Crippen LogP contribution is 2.43. The lowest BCUT2D eigenvalue weighted by Crippen LogP contribution is -2.42. The van der Waals surface area contributed by atoms with Crippen LogP contribution in [0.15, 0.2) is 53.0 Å². The van der Waals surface area contributed by atoms with Crippen LogP contribution in [0.4, 0.5) is 0 Å². The van der Waals surface area contributed by atoms with E-state index in [2.05, 4.69) is 35.0 Å². The Hall–Kier alpha value is -1.32. The van der Waals surface area contributed by atoms with Gasteiger partial charge in [-0.05, 0) is 30.2 Å². The molecule has 3 rings (SSSR count). The first kappa shape index (κ1) is 14.6. The molecule has 2 nitrogen and oxygen atoms in total. The van der Waals surface area contributed by atoms with Gasteiger partial charge in [-0.3, -0.25) is 0 Å². The summed E-state index contributed by atoms with van der Waals surface area (Å²) < 4.78 is 7.29. The monoisotopic (exact) mass is 346 g/mol. The molecule has 0 bridgehead atoms. The van der Waals surface area contributed by atoms with E-state index in [9.17, 15) is 5.11 Å². The van der Waals surface area contributed by atoms with Crippen molar-refractivity contribution in [3.8, 4) is 5.75 Å². The van der Waals surface area contributed by atoms with Gasteiger partial charge in [0, 0.05) is 22.9 Å². The highest BCUT2D eigenvalue weighted by Gasteiger charge is 2.39. The van der Waals surface area contributed by atoms with Crippen molar-refractivity contribution in [1.82, 2.24) is 0 Å². The Bertz CT molecular complexity index is 626. The normalized spacial score (nSPS) is 24.2. The maximum absolute atomic E-state index is 10.5. The summed E-state index contributed by atoms with van der Waals surface area (Å²) in [5, 5.41) is 10.5. The Morgan fingerprint density at radius 2 is 2.00 bits per heavy atom. The zero-order valence-electron chi connectivity index (χ0n) is 12.1. The minimum atomic E-state index is -0.477.